The van der Waals surface area contributed by atoms with Crippen molar-refractivity contribution in [1.82, 2.24) is 9.62 Å². The molecule has 90 valence electrons. The summed E-state index contributed by atoms with van der Waals surface area (Å²) in [5.74, 6) is 0.0908. The zero-order chi connectivity index (χ0) is 11.3. The van der Waals surface area contributed by atoms with Gasteiger partial charge < -0.3 is 10.1 Å². The quantitative estimate of drug-likeness (QED) is 0.663. The van der Waals surface area contributed by atoms with Crippen LogP contribution in [0.1, 0.15) is 13.8 Å². The van der Waals surface area contributed by atoms with E-state index in [9.17, 15) is 8.42 Å². The summed E-state index contributed by atoms with van der Waals surface area (Å²) >= 11 is 0. The van der Waals surface area contributed by atoms with Gasteiger partial charge >= 0.3 is 0 Å². The number of piperazine rings is 1. The van der Waals surface area contributed by atoms with Crippen molar-refractivity contribution >= 4 is 10.0 Å². The van der Waals surface area contributed by atoms with Gasteiger partial charge in [0.2, 0.25) is 10.0 Å². The molecule has 1 unspecified atom stereocenters. The first-order valence-corrected chi connectivity index (χ1v) is 6.96. The summed E-state index contributed by atoms with van der Waals surface area (Å²) in [6, 6.07) is 0.237. The van der Waals surface area contributed by atoms with Crippen LogP contribution in [0.5, 0.6) is 0 Å². The first kappa shape index (κ1) is 12.9. The fraction of sp³-hybridized carbons (Fsp3) is 1.00. The van der Waals surface area contributed by atoms with Crippen molar-refractivity contribution in [1.29, 1.82) is 0 Å². The lowest BCUT2D eigenvalue weighted by molar-refractivity contribution is 0.162. The fourth-order valence-corrected chi connectivity index (χ4v) is 2.99. The van der Waals surface area contributed by atoms with E-state index in [0.717, 1.165) is 6.54 Å². The second-order valence-corrected chi connectivity index (χ2v) is 5.81. The molecule has 1 rings (SSSR count). The number of hydrogen-bond donors (Lipinski definition) is 1. The van der Waals surface area contributed by atoms with Crippen molar-refractivity contribution in [3.63, 3.8) is 0 Å². The van der Waals surface area contributed by atoms with Crippen molar-refractivity contribution < 1.29 is 13.2 Å². The highest BCUT2D eigenvalue weighted by atomic mass is 32.2. The molecule has 5 nitrogen and oxygen atoms in total. The Morgan fingerprint density at radius 2 is 2.27 bits per heavy atom. The third-order valence-electron chi connectivity index (χ3n) is 2.41. The molecule has 1 aliphatic rings. The van der Waals surface area contributed by atoms with Crippen LogP contribution >= 0.6 is 0 Å². The number of nitrogens with zero attached hydrogens (tertiary/aromatic N) is 1. The molecule has 0 bridgehead atoms. The number of ether oxygens (including phenoxy) is 1. The Balaban J connectivity index is 2.45. The summed E-state index contributed by atoms with van der Waals surface area (Å²) in [6.07, 6.45) is 0. The van der Waals surface area contributed by atoms with E-state index in [-0.39, 0.29) is 18.4 Å². The average molecular weight is 236 g/mol. The summed E-state index contributed by atoms with van der Waals surface area (Å²) in [4.78, 5) is 0. The minimum absolute atomic E-state index is 0.0908. The molecule has 1 N–H and O–H groups in total. The van der Waals surface area contributed by atoms with Crippen LogP contribution in [0.2, 0.25) is 0 Å². The number of hydrogen-bond acceptors (Lipinski definition) is 4. The topological polar surface area (TPSA) is 58.6 Å². The molecule has 1 atom stereocenters. The molecule has 0 saturated carbocycles. The Labute approximate surface area is 91.8 Å². The van der Waals surface area contributed by atoms with Crippen LogP contribution in [0, 0.1) is 0 Å². The molecule has 0 spiro atoms. The molecular formula is C9H20N2O3S. The lowest BCUT2D eigenvalue weighted by Gasteiger charge is -2.30. The zero-order valence-electron chi connectivity index (χ0n) is 9.40. The number of rotatable bonds is 5. The van der Waals surface area contributed by atoms with Crippen molar-refractivity contribution in [2.24, 2.45) is 0 Å². The largest absolute Gasteiger partial charge is 0.381 e. The molecule has 0 aliphatic carbocycles. The molecular weight excluding hydrogens is 216 g/mol. The molecule has 0 radical (unpaired) electrons. The molecule has 0 aromatic rings. The van der Waals surface area contributed by atoms with Gasteiger partial charge in [-0.3, -0.25) is 0 Å². The molecule has 6 heteroatoms. The van der Waals surface area contributed by atoms with Crippen LogP contribution in [0.3, 0.4) is 0 Å². The highest BCUT2D eigenvalue weighted by Gasteiger charge is 2.26. The Morgan fingerprint density at radius 1 is 1.53 bits per heavy atom. The monoisotopic (exact) mass is 236 g/mol. The van der Waals surface area contributed by atoms with E-state index in [1.54, 1.807) is 4.31 Å². The van der Waals surface area contributed by atoms with Gasteiger partial charge in [-0.05, 0) is 13.8 Å². The second kappa shape index (κ2) is 5.79. The predicted molar refractivity (Wildman–Crippen MR) is 59.3 cm³/mol. The number of nitrogens with one attached hydrogen (secondary N) is 1. The molecule has 0 aromatic carbocycles. The van der Waals surface area contributed by atoms with Crippen LogP contribution in [0.15, 0.2) is 0 Å². The Morgan fingerprint density at radius 3 is 2.87 bits per heavy atom. The van der Waals surface area contributed by atoms with Crippen LogP contribution in [-0.2, 0) is 14.8 Å². The normalized spacial score (nSPS) is 24.3. The maximum atomic E-state index is 11.8. The predicted octanol–water partition coefficient (Wildman–Crippen LogP) is -0.354. The van der Waals surface area contributed by atoms with Gasteiger partial charge in [-0.2, -0.15) is 4.31 Å². The summed E-state index contributed by atoms with van der Waals surface area (Å²) in [7, 11) is -3.12. The SMILES string of the molecule is CCOCCS(=O)(=O)N1CCNC(C)C1. The highest BCUT2D eigenvalue weighted by Crippen LogP contribution is 2.06. The Kier molecular flexibility index (Phi) is 4.98. The summed E-state index contributed by atoms with van der Waals surface area (Å²) in [5.41, 5.74) is 0. The van der Waals surface area contributed by atoms with E-state index in [1.165, 1.54) is 0 Å². The molecule has 15 heavy (non-hydrogen) atoms. The molecule has 1 aliphatic heterocycles. The smallest absolute Gasteiger partial charge is 0.216 e. The molecule has 1 fully saturated rings. The van der Waals surface area contributed by atoms with Crippen molar-refractivity contribution in [2.75, 3.05) is 38.6 Å². The second-order valence-electron chi connectivity index (χ2n) is 3.73. The number of sulfonamides is 1. The van der Waals surface area contributed by atoms with Crippen molar-refractivity contribution in [3.8, 4) is 0 Å². The maximum absolute atomic E-state index is 11.8. The lowest BCUT2D eigenvalue weighted by atomic mass is 10.3. The summed E-state index contributed by atoms with van der Waals surface area (Å²) < 4.78 is 30.3. The van der Waals surface area contributed by atoms with Gasteiger partial charge in [0.1, 0.15) is 0 Å². The van der Waals surface area contributed by atoms with Gasteiger partial charge in [-0.25, -0.2) is 8.42 Å². The van der Waals surface area contributed by atoms with Crippen LogP contribution in [0.4, 0.5) is 0 Å². The Hall–Kier alpha value is -0.170. The highest BCUT2D eigenvalue weighted by molar-refractivity contribution is 7.89. The van der Waals surface area contributed by atoms with E-state index in [1.807, 2.05) is 13.8 Å². The van der Waals surface area contributed by atoms with Crippen LogP contribution in [0.25, 0.3) is 0 Å². The lowest BCUT2D eigenvalue weighted by Crippen LogP contribution is -2.52. The minimum Gasteiger partial charge on any atom is -0.381 e. The third-order valence-corrected chi connectivity index (χ3v) is 4.22. The van der Waals surface area contributed by atoms with E-state index in [0.29, 0.717) is 19.7 Å². The van der Waals surface area contributed by atoms with E-state index in [2.05, 4.69) is 5.32 Å². The van der Waals surface area contributed by atoms with Gasteiger partial charge in [0, 0.05) is 32.3 Å². The van der Waals surface area contributed by atoms with Gasteiger partial charge in [-0.1, -0.05) is 0 Å². The van der Waals surface area contributed by atoms with Gasteiger partial charge in [0.15, 0.2) is 0 Å². The molecule has 0 aromatic heterocycles. The van der Waals surface area contributed by atoms with Crippen molar-refractivity contribution in [3.05, 3.63) is 0 Å². The molecule has 1 saturated heterocycles. The molecule has 1 heterocycles. The van der Waals surface area contributed by atoms with E-state index >= 15 is 0 Å². The average Bonchev–Trinajstić information content (AvgIpc) is 2.18. The first-order valence-electron chi connectivity index (χ1n) is 5.35. The van der Waals surface area contributed by atoms with Crippen LogP contribution < -0.4 is 5.32 Å². The first-order chi connectivity index (χ1) is 7.06. The fourth-order valence-electron chi connectivity index (χ4n) is 1.59. The molecule has 0 amide bonds. The van der Waals surface area contributed by atoms with E-state index in [4.69, 9.17) is 4.74 Å². The van der Waals surface area contributed by atoms with Crippen LogP contribution in [-0.4, -0.2) is 57.4 Å². The standard InChI is InChI=1S/C9H20N2O3S/c1-3-14-6-7-15(12,13)11-5-4-10-9(2)8-11/h9-10H,3-8H2,1-2H3. The van der Waals surface area contributed by atoms with Gasteiger partial charge in [0.25, 0.3) is 0 Å². The van der Waals surface area contributed by atoms with Gasteiger partial charge in [0.05, 0.1) is 12.4 Å². The van der Waals surface area contributed by atoms with E-state index < -0.39 is 10.0 Å². The minimum atomic E-state index is -3.12. The summed E-state index contributed by atoms with van der Waals surface area (Å²) in [6.45, 7) is 6.57. The van der Waals surface area contributed by atoms with Gasteiger partial charge in [-0.15, -0.1) is 0 Å². The Bertz CT molecular complexity index is 279. The zero-order valence-corrected chi connectivity index (χ0v) is 10.2. The maximum Gasteiger partial charge on any atom is 0.216 e. The summed E-state index contributed by atoms with van der Waals surface area (Å²) in [5, 5.41) is 3.21. The van der Waals surface area contributed by atoms with Crippen molar-refractivity contribution in [2.45, 2.75) is 19.9 Å². The third kappa shape index (κ3) is 4.06.